The van der Waals surface area contributed by atoms with Gasteiger partial charge in [0.05, 0.1) is 0 Å². The van der Waals surface area contributed by atoms with Crippen LogP contribution < -0.4 is 5.32 Å². The average Bonchev–Trinajstić information content (AvgIpc) is 3.04. The third-order valence-electron chi connectivity index (χ3n) is 4.56. The Bertz CT molecular complexity index is 209. The highest BCUT2D eigenvalue weighted by Crippen LogP contribution is 2.44. The van der Waals surface area contributed by atoms with Gasteiger partial charge in [-0.15, -0.1) is 0 Å². The Morgan fingerprint density at radius 3 is 2.36 bits per heavy atom. The second kappa shape index (κ2) is 3.52. The first-order valence-electron chi connectivity index (χ1n) is 6.59. The first-order chi connectivity index (χ1) is 6.83. The summed E-state index contributed by atoms with van der Waals surface area (Å²) in [4.78, 5) is 0. The molecule has 0 aromatic rings. The summed E-state index contributed by atoms with van der Waals surface area (Å²) in [5.41, 5.74) is 0. The molecule has 0 aliphatic heterocycles. The van der Waals surface area contributed by atoms with Gasteiger partial charge in [-0.25, -0.2) is 0 Å². The van der Waals surface area contributed by atoms with Crippen LogP contribution in [0.3, 0.4) is 0 Å². The van der Waals surface area contributed by atoms with Crippen molar-refractivity contribution in [2.45, 2.75) is 64.0 Å². The van der Waals surface area contributed by atoms with Crippen LogP contribution in [0.4, 0.5) is 0 Å². The number of rotatable bonds is 3. The van der Waals surface area contributed by atoms with Gasteiger partial charge in [0.15, 0.2) is 0 Å². The highest BCUT2D eigenvalue weighted by atomic mass is 15.0. The maximum absolute atomic E-state index is 3.86. The van der Waals surface area contributed by atoms with Crippen molar-refractivity contribution in [1.82, 2.24) is 5.32 Å². The molecule has 0 spiro atoms. The zero-order chi connectivity index (χ0) is 9.54. The fourth-order valence-corrected chi connectivity index (χ4v) is 3.23. The number of hydrogen-bond donors (Lipinski definition) is 1. The fourth-order valence-electron chi connectivity index (χ4n) is 3.23. The first-order valence-corrected chi connectivity index (χ1v) is 6.59. The van der Waals surface area contributed by atoms with Crippen LogP contribution in [0.5, 0.6) is 0 Å². The molecule has 4 unspecified atom stereocenters. The maximum Gasteiger partial charge on any atom is 0.00989 e. The van der Waals surface area contributed by atoms with Gasteiger partial charge < -0.3 is 5.32 Å². The van der Waals surface area contributed by atoms with Crippen LogP contribution in [0, 0.1) is 17.8 Å². The van der Waals surface area contributed by atoms with E-state index in [9.17, 15) is 0 Å². The monoisotopic (exact) mass is 193 g/mol. The minimum atomic E-state index is 0.879. The Hall–Kier alpha value is -0.0400. The normalized spacial score (nSPS) is 47.8. The van der Waals surface area contributed by atoms with E-state index in [2.05, 4.69) is 12.2 Å². The smallest absolute Gasteiger partial charge is 0.00989 e. The zero-order valence-electron chi connectivity index (χ0n) is 9.34. The van der Waals surface area contributed by atoms with Crippen molar-refractivity contribution >= 4 is 0 Å². The molecule has 14 heavy (non-hydrogen) atoms. The molecule has 1 N–H and O–H groups in total. The summed E-state index contributed by atoms with van der Waals surface area (Å²) in [5.74, 6) is 3.20. The lowest BCUT2D eigenvalue weighted by molar-refractivity contribution is 0.258. The summed E-state index contributed by atoms with van der Waals surface area (Å²) in [6, 6.07) is 1.77. The summed E-state index contributed by atoms with van der Waals surface area (Å²) in [6.45, 7) is 2.37. The molecule has 3 saturated carbocycles. The number of hydrogen-bond acceptors (Lipinski definition) is 1. The Balaban J connectivity index is 1.48. The summed E-state index contributed by atoms with van der Waals surface area (Å²) < 4.78 is 0. The second-order valence-electron chi connectivity index (χ2n) is 5.95. The van der Waals surface area contributed by atoms with Gasteiger partial charge in [-0.05, 0) is 49.9 Å². The van der Waals surface area contributed by atoms with Crippen LogP contribution in [0.15, 0.2) is 0 Å². The van der Waals surface area contributed by atoms with Gasteiger partial charge in [0.25, 0.3) is 0 Å². The predicted octanol–water partition coefficient (Wildman–Crippen LogP) is 2.95. The van der Waals surface area contributed by atoms with E-state index in [4.69, 9.17) is 0 Å². The molecule has 0 heterocycles. The topological polar surface area (TPSA) is 12.0 Å². The van der Waals surface area contributed by atoms with E-state index in [0.29, 0.717) is 0 Å². The molecule has 0 aromatic heterocycles. The van der Waals surface area contributed by atoms with Gasteiger partial charge in [0.2, 0.25) is 0 Å². The Labute approximate surface area is 87.7 Å². The van der Waals surface area contributed by atoms with Gasteiger partial charge in [0, 0.05) is 12.1 Å². The van der Waals surface area contributed by atoms with Gasteiger partial charge in [-0.1, -0.05) is 19.8 Å². The molecule has 80 valence electrons. The van der Waals surface area contributed by atoms with Crippen LogP contribution in [-0.4, -0.2) is 12.1 Å². The highest BCUT2D eigenvalue weighted by molar-refractivity contribution is 4.95. The van der Waals surface area contributed by atoms with E-state index >= 15 is 0 Å². The van der Waals surface area contributed by atoms with Crippen molar-refractivity contribution in [1.29, 1.82) is 0 Å². The molecule has 0 bridgehead atoms. The Morgan fingerprint density at radius 1 is 0.929 bits per heavy atom. The summed E-state index contributed by atoms with van der Waals surface area (Å²) >= 11 is 0. The van der Waals surface area contributed by atoms with E-state index in [1.807, 2.05) is 0 Å². The van der Waals surface area contributed by atoms with Crippen molar-refractivity contribution in [2.24, 2.45) is 17.8 Å². The molecule has 4 atom stereocenters. The van der Waals surface area contributed by atoms with Gasteiger partial charge in [-0.2, -0.15) is 0 Å². The van der Waals surface area contributed by atoms with Crippen molar-refractivity contribution in [3.8, 4) is 0 Å². The predicted molar refractivity (Wildman–Crippen MR) is 59.2 cm³/mol. The van der Waals surface area contributed by atoms with E-state index in [0.717, 1.165) is 29.8 Å². The minimum absolute atomic E-state index is 0.879. The van der Waals surface area contributed by atoms with Crippen molar-refractivity contribution in [3.05, 3.63) is 0 Å². The summed E-state index contributed by atoms with van der Waals surface area (Å²) in [7, 11) is 0. The quantitative estimate of drug-likeness (QED) is 0.726. The summed E-state index contributed by atoms with van der Waals surface area (Å²) in [6.07, 6.45) is 10.5. The first kappa shape index (κ1) is 9.21. The van der Waals surface area contributed by atoms with Crippen LogP contribution in [0.2, 0.25) is 0 Å². The molecule has 0 aromatic carbocycles. The molecular weight excluding hydrogens is 170 g/mol. The van der Waals surface area contributed by atoms with Crippen LogP contribution >= 0.6 is 0 Å². The largest absolute Gasteiger partial charge is 0.311 e. The van der Waals surface area contributed by atoms with Gasteiger partial charge in [0.1, 0.15) is 0 Å². The fraction of sp³-hybridized carbons (Fsp3) is 1.00. The van der Waals surface area contributed by atoms with Crippen LogP contribution in [0.1, 0.15) is 51.9 Å². The van der Waals surface area contributed by atoms with Crippen LogP contribution in [0.25, 0.3) is 0 Å². The Kier molecular flexibility index (Phi) is 2.31. The molecule has 3 fully saturated rings. The number of nitrogens with one attached hydrogen (secondary N) is 1. The molecule has 0 amide bonds. The average molecular weight is 193 g/mol. The third kappa shape index (κ3) is 1.98. The highest BCUT2D eigenvalue weighted by Gasteiger charge is 2.38. The van der Waals surface area contributed by atoms with Crippen LogP contribution in [-0.2, 0) is 0 Å². The lowest BCUT2D eigenvalue weighted by Crippen LogP contribution is -2.36. The van der Waals surface area contributed by atoms with Crippen molar-refractivity contribution in [3.63, 3.8) is 0 Å². The van der Waals surface area contributed by atoms with Crippen molar-refractivity contribution < 1.29 is 0 Å². The SMILES string of the molecule is CC1CC1NC1CCCC(C2CC2)C1. The zero-order valence-corrected chi connectivity index (χ0v) is 9.34. The molecule has 3 rings (SSSR count). The molecule has 1 heteroatoms. The van der Waals surface area contributed by atoms with E-state index in [-0.39, 0.29) is 0 Å². The minimum Gasteiger partial charge on any atom is -0.311 e. The molecule has 0 radical (unpaired) electrons. The van der Waals surface area contributed by atoms with E-state index in [1.54, 1.807) is 0 Å². The molecule has 0 saturated heterocycles. The van der Waals surface area contributed by atoms with E-state index in [1.165, 1.54) is 44.9 Å². The van der Waals surface area contributed by atoms with Crippen molar-refractivity contribution in [2.75, 3.05) is 0 Å². The molecular formula is C13H23N. The second-order valence-corrected chi connectivity index (χ2v) is 5.95. The molecule has 3 aliphatic rings. The lowest BCUT2D eigenvalue weighted by atomic mass is 9.82. The Morgan fingerprint density at radius 2 is 1.71 bits per heavy atom. The van der Waals surface area contributed by atoms with Gasteiger partial charge in [-0.3, -0.25) is 0 Å². The van der Waals surface area contributed by atoms with Gasteiger partial charge >= 0.3 is 0 Å². The van der Waals surface area contributed by atoms with E-state index < -0.39 is 0 Å². The lowest BCUT2D eigenvalue weighted by Gasteiger charge is -2.30. The summed E-state index contributed by atoms with van der Waals surface area (Å²) in [5, 5.41) is 3.86. The molecule has 3 aliphatic carbocycles. The standard InChI is InChI=1S/C13H23N/c1-9-7-13(9)14-12-4-2-3-11(8-12)10-5-6-10/h9-14H,2-8H2,1H3. The molecule has 1 nitrogen and oxygen atoms in total. The third-order valence-corrected chi connectivity index (χ3v) is 4.56. The maximum atomic E-state index is 3.86.